The van der Waals surface area contributed by atoms with Crippen molar-refractivity contribution >= 4 is 55.8 Å². The molecule has 0 spiro atoms. The fourth-order valence-electron chi connectivity index (χ4n) is 1.21. The molecule has 0 saturated heterocycles. The second-order valence-electron chi connectivity index (χ2n) is 2.58. The predicted octanol–water partition coefficient (Wildman–Crippen LogP) is 3.93. The predicted molar refractivity (Wildman–Crippen MR) is 68.0 cm³/mol. The maximum atomic E-state index is 9.85. The van der Waals surface area contributed by atoms with Gasteiger partial charge in [0, 0.05) is 15.0 Å². The molecule has 1 aromatic carbocycles. The molecule has 0 radical (unpaired) electrons. The summed E-state index contributed by atoms with van der Waals surface area (Å²) in [5, 5.41) is 10.8. The molecule has 0 fully saturated rings. The van der Waals surface area contributed by atoms with Crippen LogP contribution in [0.3, 0.4) is 0 Å². The number of hydrogen-bond donors (Lipinski definition) is 1. The molecule has 2 aromatic rings. The molecule has 13 heavy (non-hydrogen) atoms. The number of thioether (sulfide) groups is 1. The first-order valence-electron chi connectivity index (χ1n) is 3.67. The average molecular weight is 322 g/mol. The van der Waals surface area contributed by atoms with Gasteiger partial charge >= 0.3 is 0 Å². The number of rotatable bonds is 1. The molecule has 1 heterocycles. The molecule has 0 bridgehead atoms. The molecule has 0 unspecified atom stereocenters. The normalized spacial score (nSPS) is 10.9. The molecule has 1 aromatic heterocycles. The van der Waals surface area contributed by atoms with Crippen LogP contribution in [0.25, 0.3) is 10.1 Å². The van der Waals surface area contributed by atoms with E-state index in [1.165, 1.54) is 2.88 Å². The van der Waals surface area contributed by atoms with E-state index in [9.17, 15) is 5.11 Å². The van der Waals surface area contributed by atoms with E-state index in [1.807, 2.05) is 18.4 Å². The SMILES string of the molecule is CSc1ccc2sc(I)cc2c1O. The first kappa shape index (κ1) is 9.61. The summed E-state index contributed by atoms with van der Waals surface area (Å²) >= 11 is 5.55. The van der Waals surface area contributed by atoms with Gasteiger partial charge in [0.1, 0.15) is 5.75 Å². The third-order valence-corrected chi connectivity index (χ3v) is 4.46. The first-order valence-corrected chi connectivity index (χ1v) is 6.79. The van der Waals surface area contributed by atoms with Crippen LogP contribution in [-0.4, -0.2) is 11.4 Å². The van der Waals surface area contributed by atoms with E-state index in [2.05, 4.69) is 28.7 Å². The lowest BCUT2D eigenvalue weighted by atomic mass is 10.2. The largest absolute Gasteiger partial charge is 0.506 e. The maximum absolute atomic E-state index is 9.85. The van der Waals surface area contributed by atoms with Gasteiger partial charge in [-0.2, -0.15) is 0 Å². The fourth-order valence-corrected chi connectivity index (χ4v) is 3.53. The molecule has 0 atom stereocenters. The molecule has 0 aliphatic heterocycles. The monoisotopic (exact) mass is 322 g/mol. The minimum absolute atomic E-state index is 0.421. The van der Waals surface area contributed by atoms with E-state index in [-0.39, 0.29) is 0 Å². The lowest BCUT2D eigenvalue weighted by Gasteiger charge is -2.00. The summed E-state index contributed by atoms with van der Waals surface area (Å²) in [5.41, 5.74) is 0. The van der Waals surface area contributed by atoms with E-state index in [1.54, 1.807) is 23.1 Å². The Morgan fingerprint density at radius 3 is 2.92 bits per heavy atom. The number of aromatic hydroxyl groups is 1. The quantitative estimate of drug-likeness (QED) is 0.634. The highest BCUT2D eigenvalue weighted by atomic mass is 127. The van der Waals surface area contributed by atoms with Crippen LogP contribution >= 0.6 is 45.7 Å². The molecule has 0 saturated carbocycles. The highest BCUT2D eigenvalue weighted by Gasteiger charge is 2.07. The van der Waals surface area contributed by atoms with Gasteiger partial charge in [-0.15, -0.1) is 23.1 Å². The van der Waals surface area contributed by atoms with Crippen LogP contribution in [0.15, 0.2) is 23.1 Å². The highest BCUT2D eigenvalue weighted by Crippen LogP contribution is 2.38. The van der Waals surface area contributed by atoms with Crippen LogP contribution in [0.1, 0.15) is 0 Å². The Labute approximate surface area is 98.3 Å². The van der Waals surface area contributed by atoms with Gasteiger partial charge in [0.25, 0.3) is 0 Å². The lowest BCUT2D eigenvalue weighted by molar-refractivity contribution is 0.469. The molecular formula is C9H7IOS2. The zero-order chi connectivity index (χ0) is 9.42. The minimum atomic E-state index is 0.421. The smallest absolute Gasteiger partial charge is 0.137 e. The summed E-state index contributed by atoms with van der Waals surface area (Å²) in [6.07, 6.45) is 1.97. The Morgan fingerprint density at radius 1 is 1.46 bits per heavy atom. The van der Waals surface area contributed by atoms with Crippen molar-refractivity contribution in [1.82, 2.24) is 0 Å². The number of thiophene rings is 1. The number of phenolic OH excluding ortho intramolecular Hbond substituents is 1. The van der Waals surface area contributed by atoms with Crippen molar-refractivity contribution in [3.8, 4) is 5.75 Å². The molecule has 0 aliphatic rings. The standard InChI is InChI=1S/C9H7IOS2/c1-12-7-3-2-6-5(9(7)11)4-8(10)13-6/h2-4,11H,1H3. The van der Waals surface area contributed by atoms with Crippen LogP contribution in [0.4, 0.5) is 0 Å². The summed E-state index contributed by atoms with van der Waals surface area (Å²) in [4.78, 5) is 0.946. The van der Waals surface area contributed by atoms with Crippen molar-refractivity contribution < 1.29 is 5.11 Å². The third-order valence-electron chi connectivity index (χ3n) is 1.83. The molecule has 68 valence electrons. The van der Waals surface area contributed by atoms with E-state index in [0.717, 1.165) is 15.0 Å². The van der Waals surface area contributed by atoms with Crippen molar-refractivity contribution in [3.05, 3.63) is 21.1 Å². The van der Waals surface area contributed by atoms with Crippen molar-refractivity contribution in [2.75, 3.05) is 6.26 Å². The van der Waals surface area contributed by atoms with Crippen molar-refractivity contribution in [2.45, 2.75) is 4.90 Å². The van der Waals surface area contributed by atoms with Crippen molar-refractivity contribution in [1.29, 1.82) is 0 Å². The van der Waals surface area contributed by atoms with Gasteiger partial charge in [0.2, 0.25) is 0 Å². The van der Waals surface area contributed by atoms with Gasteiger partial charge in [-0.3, -0.25) is 0 Å². The van der Waals surface area contributed by atoms with Crippen LogP contribution in [0.5, 0.6) is 5.75 Å². The highest BCUT2D eigenvalue weighted by molar-refractivity contribution is 14.1. The molecule has 0 amide bonds. The van der Waals surface area contributed by atoms with Gasteiger partial charge < -0.3 is 5.11 Å². The molecule has 1 N–H and O–H groups in total. The second-order valence-corrected chi connectivity index (χ2v) is 6.40. The van der Waals surface area contributed by atoms with Crippen LogP contribution < -0.4 is 0 Å². The van der Waals surface area contributed by atoms with Gasteiger partial charge in [-0.25, -0.2) is 0 Å². The van der Waals surface area contributed by atoms with Gasteiger partial charge in [-0.1, -0.05) is 0 Å². The van der Waals surface area contributed by atoms with E-state index < -0.39 is 0 Å². The minimum Gasteiger partial charge on any atom is -0.506 e. The number of hydrogen-bond acceptors (Lipinski definition) is 3. The number of halogens is 1. The molecule has 4 heteroatoms. The first-order chi connectivity index (χ1) is 6.22. The number of phenols is 1. The summed E-state index contributed by atoms with van der Waals surface area (Å²) < 4.78 is 2.36. The summed E-state index contributed by atoms with van der Waals surface area (Å²) in [7, 11) is 0. The van der Waals surface area contributed by atoms with Crippen molar-refractivity contribution in [2.24, 2.45) is 0 Å². The zero-order valence-electron chi connectivity index (χ0n) is 6.87. The van der Waals surface area contributed by atoms with E-state index >= 15 is 0 Å². The van der Waals surface area contributed by atoms with Crippen LogP contribution in [0, 0.1) is 2.88 Å². The number of benzene rings is 1. The number of fused-ring (bicyclic) bond motifs is 1. The maximum Gasteiger partial charge on any atom is 0.137 e. The van der Waals surface area contributed by atoms with E-state index in [4.69, 9.17) is 0 Å². The van der Waals surface area contributed by atoms with Gasteiger partial charge in [0.05, 0.1) is 2.88 Å². The second kappa shape index (κ2) is 3.67. The molecule has 0 aliphatic carbocycles. The van der Waals surface area contributed by atoms with E-state index in [0.29, 0.717) is 5.75 Å². The molecule has 2 rings (SSSR count). The van der Waals surface area contributed by atoms with Gasteiger partial charge in [-0.05, 0) is 47.0 Å². The Balaban J connectivity index is 2.78. The Kier molecular flexibility index (Phi) is 2.71. The fraction of sp³-hybridized carbons (Fsp3) is 0.111. The Bertz CT molecular complexity index is 450. The Morgan fingerprint density at radius 2 is 2.23 bits per heavy atom. The third kappa shape index (κ3) is 1.67. The van der Waals surface area contributed by atoms with Crippen LogP contribution in [-0.2, 0) is 0 Å². The summed E-state index contributed by atoms with van der Waals surface area (Å²) in [5.74, 6) is 0.421. The van der Waals surface area contributed by atoms with Crippen LogP contribution in [0.2, 0.25) is 0 Å². The Hall–Kier alpha value is 0.0600. The van der Waals surface area contributed by atoms with Gasteiger partial charge in [0.15, 0.2) is 0 Å². The molecule has 1 nitrogen and oxygen atoms in total. The summed E-state index contributed by atoms with van der Waals surface area (Å²) in [6, 6.07) is 6.05. The average Bonchev–Trinajstić information content (AvgIpc) is 2.47. The molecular weight excluding hydrogens is 315 g/mol. The zero-order valence-corrected chi connectivity index (χ0v) is 10.7. The topological polar surface area (TPSA) is 20.2 Å². The lowest BCUT2D eigenvalue weighted by Crippen LogP contribution is -1.72. The summed E-state index contributed by atoms with van der Waals surface area (Å²) in [6.45, 7) is 0. The van der Waals surface area contributed by atoms with Crippen molar-refractivity contribution in [3.63, 3.8) is 0 Å².